The smallest absolute Gasteiger partial charge is 0.221 e. The molecule has 15 heavy (non-hydrogen) atoms. The molecule has 0 spiro atoms. The average Bonchev–Trinajstić information content (AvgIpc) is 2.22. The van der Waals surface area contributed by atoms with Gasteiger partial charge in [0.2, 0.25) is 5.91 Å². The van der Waals surface area contributed by atoms with Gasteiger partial charge >= 0.3 is 0 Å². The number of nitrogens with one attached hydrogen (secondary N) is 1. The normalized spacial score (nSPS) is 19.1. The number of nitrogens with two attached hydrogens (primary N) is 1. The van der Waals surface area contributed by atoms with E-state index >= 15 is 0 Å². The Hall–Kier alpha value is -0.610. The molecule has 0 bridgehead atoms. The number of rotatable bonds is 5. The zero-order chi connectivity index (χ0) is 11.1. The minimum absolute atomic E-state index is 0.103. The number of piperidine rings is 1. The van der Waals surface area contributed by atoms with Crippen LogP contribution in [-0.2, 0) is 4.79 Å². The summed E-state index contributed by atoms with van der Waals surface area (Å²) < 4.78 is 0. The Morgan fingerprint density at radius 1 is 1.47 bits per heavy atom. The SMILES string of the molecule is CCCN1CCC(NC(=O)CCN)CC1. The second-order valence-electron chi connectivity index (χ2n) is 4.22. The van der Waals surface area contributed by atoms with E-state index in [0.29, 0.717) is 19.0 Å². The van der Waals surface area contributed by atoms with Crippen LogP contribution in [0, 0.1) is 0 Å². The molecule has 0 aromatic rings. The zero-order valence-corrected chi connectivity index (χ0v) is 9.67. The third-order valence-corrected chi connectivity index (χ3v) is 2.86. The first-order valence-corrected chi connectivity index (χ1v) is 5.98. The molecule has 0 unspecified atom stereocenters. The number of carbonyl (C=O) groups is 1. The summed E-state index contributed by atoms with van der Waals surface area (Å²) in [5.74, 6) is 0.103. The Kier molecular flexibility index (Phi) is 5.65. The molecule has 0 radical (unpaired) electrons. The van der Waals surface area contributed by atoms with Crippen molar-refractivity contribution in [3.8, 4) is 0 Å². The summed E-state index contributed by atoms with van der Waals surface area (Å²) >= 11 is 0. The maximum Gasteiger partial charge on any atom is 0.221 e. The first-order valence-electron chi connectivity index (χ1n) is 5.98. The summed E-state index contributed by atoms with van der Waals surface area (Å²) in [6, 6.07) is 0.372. The van der Waals surface area contributed by atoms with Crippen molar-refractivity contribution in [1.29, 1.82) is 0 Å². The van der Waals surface area contributed by atoms with Crippen molar-refractivity contribution in [3.63, 3.8) is 0 Å². The third kappa shape index (κ3) is 4.62. The van der Waals surface area contributed by atoms with Gasteiger partial charge in [-0.15, -0.1) is 0 Å². The largest absolute Gasteiger partial charge is 0.353 e. The minimum Gasteiger partial charge on any atom is -0.353 e. The highest BCUT2D eigenvalue weighted by molar-refractivity contribution is 5.76. The molecule has 4 nitrogen and oxygen atoms in total. The van der Waals surface area contributed by atoms with Crippen LogP contribution in [-0.4, -0.2) is 43.0 Å². The maximum absolute atomic E-state index is 11.3. The molecule has 0 aliphatic carbocycles. The van der Waals surface area contributed by atoms with Crippen molar-refractivity contribution in [2.75, 3.05) is 26.2 Å². The van der Waals surface area contributed by atoms with Crippen LogP contribution in [0.25, 0.3) is 0 Å². The summed E-state index contributed by atoms with van der Waals surface area (Å²) in [6.07, 6.45) is 3.83. The molecule has 0 saturated carbocycles. The van der Waals surface area contributed by atoms with Crippen LogP contribution < -0.4 is 11.1 Å². The van der Waals surface area contributed by atoms with E-state index in [1.54, 1.807) is 0 Å². The van der Waals surface area contributed by atoms with E-state index in [0.717, 1.165) is 25.9 Å². The first kappa shape index (κ1) is 12.5. The van der Waals surface area contributed by atoms with Gasteiger partial charge in [0.1, 0.15) is 0 Å². The second kappa shape index (κ2) is 6.80. The third-order valence-electron chi connectivity index (χ3n) is 2.86. The van der Waals surface area contributed by atoms with Gasteiger partial charge in [-0.3, -0.25) is 4.79 Å². The fraction of sp³-hybridized carbons (Fsp3) is 0.909. The fourth-order valence-corrected chi connectivity index (χ4v) is 2.05. The van der Waals surface area contributed by atoms with Crippen molar-refractivity contribution >= 4 is 5.91 Å². The highest BCUT2D eigenvalue weighted by Gasteiger charge is 2.19. The van der Waals surface area contributed by atoms with Gasteiger partial charge in [0.15, 0.2) is 0 Å². The standard InChI is InChI=1S/C11H23N3O/c1-2-7-14-8-4-10(5-9-14)13-11(15)3-6-12/h10H,2-9,12H2,1H3,(H,13,15). The molecular weight excluding hydrogens is 190 g/mol. The van der Waals surface area contributed by atoms with E-state index in [1.165, 1.54) is 13.0 Å². The first-order chi connectivity index (χ1) is 7.26. The molecule has 0 aromatic heterocycles. The van der Waals surface area contributed by atoms with Crippen molar-refractivity contribution in [3.05, 3.63) is 0 Å². The Morgan fingerprint density at radius 2 is 2.13 bits per heavy atom. The van der Waals surface area contributed by atoms with Crippen molar-refractivity contribution < 1.29 is 4.79 Å². The lowest BCUT2D eigenvalue weighted by Crippen LogP contribution is -2.45. The van der Waals surface area contributed by atoms with Gasteiger partial charge in [-0.05, 0) is 25.8 Å². The van der Waals surface area contributed by atoms with Gasteiger partial charge in [0, 0.05) is 32.1 Å². The topological polar surface area (TPSA) is 58.4 Å². The molecule has 1 amide bonds. The lowest BCUT2D eigenvalue weighted by molar-refractivity contribution is -0.121. The summed E-state index contributed by atoms with van der Waals surface area (Å²) in [7, 11) is 0. The summed E-state index contributed by atoms with van der Waals surface area (Å²) in [5.41, 5.74) is 5.33. The van der Waals surface area contributed by atoms with Crippen LogP contribution >= 0.6 is 0 Å². The average molecular weight is 213 g/mol. The van der Waals surface area contributed by atoms with Crippen molar-refractivity contribution in [2.24, 2.45) is 5.73 Å². The predicted octanol–water partition coefficient (Wildman–Crippen LogP) is 0.326. The van der Waals surface area contributed by atoms with Crippen LogP contribution in [0.1, 0.15) is 32.6 Å². The Balaban J connectivity index is 2.16. The lowest BCUT2D eigenvalue weighted by atomic mass is 10.0. The minimum atomic E-state index is 0.103. The lowest BCUT2D eigenvalue weighted by Gasteiger charge is -2.32. The van der Waals surface area contributed by atoms with Crippen LogP contribution in [0.3, 0.4) is 0 Å². The molecular formula is C11H23N3O. The molecule has 88 valence electrons. The van der Waals surface area contributed by atoms with Gasteiger partial charge < -0.3 is 16.0 Å². The molecule has 1 rings (SSSR count). The Labute approximate surface area is 92.2 Å². The quantitative estimate of drug-likeness (QED) is 0.692. The predicted molar refractivity (Wildman–Crippen MR) is 61.6 cm³/mol. The summed E-state index contributed by atoms with van der Waals surface area (Å²) in [4.78, 5) is 13.8. The number of amides is 1. The molecule has 1 heterocycles. The number of hydrogen-bond acceptors (Lipinski definition) is 3. The van der Waals surface area contributed by atoms with Gasteiger partial charge in [0.25, 0.3) is 0 Å². The van der Waals surface area contributed by atoms with Crippen LogP contribution in [0.4, 0.5) is 0 Å². The van der Waals surface area contributed by atoms with Gasteiger partial charge in [-0.2, -0.15) is 0 Å². The second-order valence-corrected chi connectivity index (χ2v) is 4.22. The molecule has 0 atom stereocenters. The Morgan fingerprint density at radius 3 is 2.67 bits per heavy atom. The highest BCUT2D eigenvalue weighted by Crippen LogP contribution is 2.10. The maximum atomic E-state index is 11.3. The van der Waals surface area contributed by atoms with E-state index in [1.807, 2.05) is 0 Å². The molecule has 1 aliphatic rings. The molecule has 1 aliphatic heterocycles. The van der Waals surface area contributed by atoms with Crippen LogP contribution in [0.15, 0.2) is 0 Å². The van der Waals surface area contributed by atoms with E-state index in [-0.39, 0.29) is 5.91 Å². The number of carbonyl (C=O) groups excluding carboxylic acids is 1. The fourth-order valence-electron chi connectivity index (χ4n) is 2.05. The van der Waals surface area contributed by atoms with Gasteiger partial charge in [0.05, 0.1) is 0 Å². The molecule has 4 heteroatoms. The van der Waals surface area contributed by atoms with Crippen LogP contribution in [0.5, 0.6) is 0 Å². The highest BCUT2D eigenvalue weighted by atomic mass is 16.1. The summed E-state index contributed by atoms with van der Waals surface area (Å²) in [6.45, 7) is 6.06. The number of likely N-dealkylation sites (tertiary alicyclic amines) is 1. The number of hydrogen-bond donors (Lipinski definition) is 2. The molecule has 0 aromatic carbocycles. The van der Waals surface area contributed by atoms with Crippen molar-refractivity contribution in [1.82, 2.24) is 10.2 Å². The van der Waals surface area contributed by atoms with E-state index < -0.39 is 0 Å². The molecule has 3 N–H and O–H groups in total. The number of nitrogens with zero attached hydrogens (tertiary/aromatic N) is 1. The van der Waals surface area contributed by atoms with E-state index in [9.17, 15) is 4.79 Å². The molecule has 1 saturated heterocycles. The van der Waals surface area contributed by atoms with E-state index in [4.69, 9.17) is 5.73 Å². The van der Waals surface area contributed by atoms with Crippen LogP contribution in [0.2, 0.25) is 0 Å². The zero-order valence-electron chi connectivity index (χ0n) is 9.67. The monoisotopic (exact) mass is 213 g/mol. The Bertz CT molecular complexity index is 188. The molecule has 1 fully saturated rings. The van der Waals surface area contributed by atoms with E-state index in [2.05, 4.69) is 17.1 Å². The van der Waals surface area contributed by atoms with Gasteiger partial charge in [-0.25, -0.2) is 0 Å². The van der Waals surface area contributed by atoms with Crippen molar-refractivity contribution in [2.45, 2.75) is 38.6 Å². The van der Waals surface area contributed by atoms with Gasteiger partial charge in [-0.1, -0.05) is 6.92 Å². The summed E-state index contributed by atoms with van der Waals surface area (Å²) in [5, 5.41) is 3.04.